The van der Waals surface area contributed by atoms with Crippen molar-refractivity contribution in [3.05, 3.63) is 0 Å². The molecular weight excluding hydrogens is 280 g/mol. The van der Waals surface area contributed by atoms with E-state index in [4.69, 9.17) is 23.1 Å². The normalized spacial score (nSPS) is 12.7. The number of hydrogen-bond donors (Lipinski definition) is 1. The summed E-state index contributed by atoms with van der Waals surface area (Å²) in [7, 11) is -2.69. The third-order valence-corrected chi connectivity index (χ3v) is 5.69. The number of hydrogen-bond acceptors (Lipinski definition) is 5. The zero-order valence-corrected chi connectivity index (χ0v) is 14.2. The second-order valence-electron chi connectivity index (χ2n) is 4.97. The monoisotopic (exact) mass is 308 g/mol. The van der Waals surface area contributed by atoms with Crippen molar-refractivity contribution in [3.8, 4) is 0 Å². The van der Waals surface area contributed by atoms with Crippen molar-refractivity contribution in [2.45, 2.75) is 40.7 Å². The van der Waals surface area contributed by atoms with Gasteiger partial charge in [-0.05, 0) is 34.6 Å². The maximum atomic E-state index is 11.0. The molecule has 0 amide bonds. The van der Waals surface area contributed by atoms with Crippen LogP contribution in [-0.2, 0) is 22.8 Å². The first-order valence-electron chi connectivity index (χ1n) is 7.06. The van der Waals surface area contributed by atoms with Gasteiger partial charge in [-0.25, -0.2) is 0 Å². The maximum Gasteiger partial charge on any atom is 0.503 e. The Labute approximate surface area is 122 Å². The van der Waals surface area contributed by atoms with Crippen molar-refractivity contribution in [2.75, 3.05) is 33.0 Å². The molecule has 0 aliphatic heterocycles. The van der Waals surface area contributed by atoms with E-state index in [2.05, 4.69) is 0 Å². The van der Waals surface area contributed by atoms with Crippen molar-refractivity contribution < 1.29 is 27.9 Å². The molecule has 0 saturated carbocycles. The maximum absolute atomic E-state index is 11.0. The highest BCUT2D eigenvalue weighted by Crippen LogP contribution is 2.19. The molecule has 0 saturated heterocycles. The van der Waals surface area contributed by atoms with Crippen LogP contribution in [0.2, 0.25) is 6.04 Å². The first kappa shape index (κ1) is 19.5. The predicted molar refractivity (Wildman–Crippen MR) is 77.7 cm³/mol. The smallest absolute Gasteiger partial charge is 0.481 e. The zero-order valence-electron chi connectivity index (χ0n) is 13.2. The number of rotatable bonds is 12. The fourth-order valence-corrected chi connectivity index (χ4v) is 3.98. The van der Waals surface area contributed by atoms with E-state index in [1.165, 1.54) is 0 Å². The number of carboxylic acids is 1. The Hall–Kier alpha value is -0.473. The molecule has 0 rings (SSSR count). The summed E-state index contributed by atoms with van der Waals surface area (Å²) in [4.78, 5) is 11.0. The Balaban J connectivity index is 4.35. The van der Waals surface area contributed by atoms with Crippen LogP contribution >= 0.6 is 0 Å². The molecule has 0 radical (unpaired) electrons. The molecule has 6 nitrogen and oxygen atoms in total. The average molecular weight is 308 g/mol. The van der Waals surface area contributed by atoms with Crippen molar-refractivity contribution in [1.29, 1.82) is 0 Å². The summed E-state index contributed by atoms with van der Waals surface area (Å²) in [5.41, 5.74) is -0.896. The standard InChI is InChI=1S/C13H28O6Si/c1-6-17-20(18-7-2,19-8-3)10-9-16-11-13(4,5)12(14)15/h6-11H2,1-5H3,(H,14,15). The lowest BCUT2D eigenvalue weighted by molar-refractivity contribution is -0.150. The third kappa shape index (κ3) is 6.80. The van der Waals surface area contributed by atoms with Crippen LogP contribution in [0.1, 0.15) is 34.6 Å². The van der Waals surface area contributed by atoms with Crippen LogP contribution < -0.4 is 0 Å². The van der Waals surface area contributed by atoms with Crippen molar-refractivity contribution in [2.24, 2.45) is 5.41 Å². The van der Waals surface area contributed by atoms with Crippen LogP contribution in [0.3, 0.4) is 0 Å². The van der Waals surface area contributed by atoms with Gasteiger partial charge in [0.2, 0.25) is 0 Å². The van der Waals surface area contributed by atoms with E-state index in [-0.39, 0.29) is 6.61 Å². The van der Waals surface area contributed by atoms with Crippen LogP contribution in [-0.4, -0.2) is 52.9 Å². The molecule has 0 heterocycles. The highest BCUT2D eigenvalue weighted by atomic mass is 28.4. The minimum Gasteiger partial charge on any atom is -0.481 e. The molecule has 0 spiro atoms. The van der Waals surface area contributed by atoms with Gasteiger partial charge >= 0.3 is 14.8 Å². The summed E-state index contributed by atoms with van der Waals surface area (Å²) in [6.45, 7) is 11.0. The van der Waals surface area contributed by atoms with Crippen LogP contribution in [0, 0.1) is 5.41 Å². The SMILES string of the molecule is CCO[Si](CCOCC(C)(C)C(=O)O)(OCC)OCC. The summed E-state index contributed by atoms with van der Waals surface area (Å²) in [5, 5.41) is 9.01. The highest BCUT2D eigenvalue weighted by molar-refractivity contribution is 6.60. The van der Waals surface area contributed by atoms with E-state index >= 15 is 0 Å². The van der Waals surface area contributed by atoms with Gasteiger partial charge < -0.3 is 23.1 Å². The fourth-order valence-electron chi connectivity index (χ4n) is 1.59. The van der Waals surface area contributed by atoms with Gasteiger partial charge in [-0.15, -0.1) is 0 Å². The minimum absolute atomic E-state index is 0.150. The second-order valence-corrected chi connectivity index (χ2v) is 7.71. The van der Waals surface area contributed by atoms with Crippen LogP contribution in [0.15, 0.2) is 0 Å². The van der Waals surface area contributed by atoms with Crippen LogP contribution in [0.5, 0.6) is 0 Å². The molecule has 1 N–H and O–H groups in total. The van der Waals surface area contributed by atoms with Gasteiger partial charge in [0.25, 0.3) is 0 Å². The lowest BCUT2D eigenvalue weighted by atomic mass is 9.95. The molecule has 0 fully saturated rings. The molecule has 0 aliphatic rings. The van der Waals surface area contributed by atoms with E-state index in [1.807, 2.05) is 20.8 Å². The van der Waals surface area contributed by atoms with E-state index in [9.17, 15) is 4.79 Å². The topological polar surface area (TPSA) is 74.2 Å². The van der Waals surface area contributed by atoms with E-state index in [0.717, 1.165) is 0 Å². The first-order chi connectivity index (χ1) is 9.33. The molecule has 0 aromatic carbocycles. The van der Waals surface area contributed by atoms with Gasteiger partial charge in [0.15, 0.2) is 0 Å². The minimum atomic E-state index is -2.69. The summed E-state index contributed by atoms with van der Waals surface area (Å²) in [6.07, 6.45) is 0. The van der Waals surface area contributed by atoms with Gasteiger partial charge in [-0.2, -0.15) is 0 Å². The summed E-state index contributed by atoms with van der Waals surface area (Å²) in [6, 6.07) is 0.526. The van der Waals surface area contributed by atoms with E-state index < -0.39 is 20.2 Å². The Kier molecular flexibility index (Phi) is 9.24. The molecule has 0 aromatic rings. The van der Waals surface area contributed by atoms with Gasteiger partial charge in [-0.1, -0.05) is 0 Å². The van der Waals surface area contributed by atoms with Crippen molar-refractivity contribution in [1.82, 2.24) is 0 Å². The average Bonchev–Trinajstić information content (AvgIpc) is 2.35. The molecule has 20 heavy (non-hydrogen) atoms. The lowest BCUT2D eigenvalue weighted by Crippen LogP contribution is -2.47. The van der Waals surface area contributed by atoms with Gasteiger partial charge in [-0.3, -0.25) is 4.79 Å². The molecule has 0 atom stereocenters. The number of ether oxygens (including phenoxy) is 1. The predicted octanol–water partition coefficient (Wildman–Crippen LogP) is 2.16. The number of aliphatic carboxylic acids is 1. The van der Waals surface area contributed by atoms with E-state index in [0.29, 0.717) is 32.5 Å². The van der Waals surface area contributed by atoms with Crippen molar-refractivity contribution in [3.63, 3.8) is 0 Å². The summed E-state index contributed by atoms with van der Waals surface area (Å²) >= 11 is 0. The Bertz CT molecular complexity index is 265. The largest absolute Gasteiger partial charge is 0.503 e. The molecule has 0 unspecified atom stereocenters. The van der Waals surface area contributed by atoms with Gasteiger partial charge in [0.1, 0.15) is 0 Å². The first-order valence-corrected chi connectivity index (χ1v) is 8.99. The molecular formula is C13H28O6Si. The Morgan fingerprint density at radius 3 is 1.85 bits per heavy atom. The third-order valence-electron chi connectivity index (χ3n) is 2.69. The van der Waals surface area contributed by atoms with Gasteiger partial charge in [0, 0.05) is 25.9 Å². The lowest BCUT2D eigenvalue weighted by Gasteiger charge is -2.28. The zero-order chi connectivity index (χ0) is 15.6. The fraction of sp³-hybridized carbons (Fsp3) is 0.923. The van der Waals surface area contributed by atoms with E-state index in [1.54, 1.807) is 13.8 Å². The molecule has 7 heteroatoms. The van der Waals surface area contributed by atoms with Crippen LogP contribution in [0.25, 0.3) is 0 Å². The quantitative estimate of drug-likeness (QED) is 0.440. The molecule has 0 aromatic heterocycles. The highest BCUT2D eigenvalue weighted by Gasteiger charge is 2.40. The summed E-state index contributed by atoms with van der Waals surface area (Å²) in [5.74, 6) is -0.875. The molecule has 0 bridgehead atoms. The Morgan fingerprint density at radius 1 is 1.05 bits per heavy atom. The number of carboxylic acid groups (broad SMARTS) is 1. The van der Waals surface area contributed by atoms with Crippen molar-refractivity contribution >= 4 is 14.8 Å². The second kappa shape index (κ2) is 9.46. The van der Waals surface area contributed by atoms with Crippen LogP contribution in [0.4, 0.5) is 0 Å². The summed E-state index contributed by atoms with van der Waals surface area (Å²) < 4.78 is 22.5. The molecule has 120 valence electrons. The molecule has 0 aliphatic carbocycles. The van der Waals surface area contributed by atoms with Gasteiger partial charge in [0.05, 0.1) is 18.6 Å². The Morgan fingerprint density at radius 2 is 1.50 bits per heavy atom. The number of carbonyl (C=O) groups is 1.